The van der Waals surface area contributed by atoms with Crippen LogP contribution in [0.3, 0.4) is 0 Å². The Morgan fingerprint density at radius 2 is 1.30 bits per heavy atom. The molecule has 3 aromatic carbocycles. The van der Waals surface area contributed by atoms with Crippen LogP contribution in [0.1, 0.15) is 16.8 Å². The van der Waals surface area contributed by atoms with Gasteiger partial charge in [0.25, 0.3) is 0 Å². The standard InChI is InChI=1S/C24H21N3O2S/c1-17-8-12-19(13-9-17)23-22(16-30(28,29)21-14-10-18(2)11-15-21)25-24(27-26-23)20-6-4-3-5-7-20/h3-15H,16H2,1-2H3. The summed E-state index contributed by atoms with van der Waals surface area (Å²) in [5, 5.41) is 8.64. The summed E-state index contributed by atoms with van der Waals surface area (Å²) in [5.41, 5.74) is 4.54. The van der Waals surface area contributed by atoms with E-state index in [-0.39, 0.29) is 10.6 Å². The molecule has 0 fully saturated rings. The molecule has 0 aliphatic rings. The van der Waals surface area contributed by atoms with Gasteiger partial charge >= 0.3 is 0 Å². The normalized spacial score (nSPS) is 11.4. The van der Waals surface area contributed by atoms with Crippen molar-refractivity contribution in [2.75, 3.05) is 0 Å². The fourth-order valence-corrected chi connectivity index (χ4v) is 4.39. The van der Waals surface area contributed by atoms with Gasteiger partial charge in [0.2, 0.25) is 0 Å². The summed E-state index contributed by atoms with van der Waals surface area (Å²) in [4.78, 5) is 4.88. The predicted molar refractivity (Wildman–Crippen MR) is 118 cm³/mol. The molecule has 0 aliphatic heterocycles. The van der Waals surface area contributed by atoms with Crippen LogP contribution in [0.4, 0.5) is 0 Å². The van der Waals surface area contributed by atoms with E-state index >= 15 is 0 Å². The summed E-state index contributed by atoms with van der Waals surface area (Å²) >= 11 is 0. The molecule has 30 heavy (non-hydrogen) atoms. The number of nitrogens with zero attached hydrogens (tertiary/aromatic N) is 3. The van der Waals surface area contributed by atoms with Crippen molar-refractivity contribution in [2.45, 2.75) is 24.5 Å². The first-order valence-corrected chi connectivity index (χ1v) is 11.2. The molecule has 6 heteroatoms. The minimum Gasteiger partial charge on any atom is -0.228 e. The maximum absolute atomic E-state index is 13.1. The van der Waals surface area contributed by atoms with Gasteiger partial charge in [-0.15, -0.1) is 10.2 Å². The van der Waals surface area contributed by atoms with Crippen molar-refractivity contribution >= 4 is 9.84 Å². The average molecular weight is 416 g/mol. The monoisotopic (exact) mass is 415 g/mol. The fraction of sp³-hybridized carbons (Fsp3) is 0.125. The molecule has 0 unspecified atom stereocenters. The third-order valence-corrected chi connectivity index (χ3v) is 6.47. The summed E-state index contributed by atoms with van der Waals surface area (Å²) in [5.74, 6) is 0.148. The first-order chi connectivity index (χ1) is 14.4. The second kappa shape index (κ2) is 8.16. The number of sulfone groups is 1. The van der Waals surface area contributed by atoms with Gasteiger partial charge in [-0.2, -0.15) is 0 Å². The molecule has 150 valence electrons. The minimum absolute atomic E-state index is 0.255. The van der Waals surface area contributed by atoms with Gasteiger partial charge in [-0.25, -0.2) is 13.4 Å². The lowest BCUT2D eigenvalue weighted by molar-refractivity contribution is 0.594. The molecule has 1 aromatic heterocycles. The fourth-order valence-electron chi connectivity index (χ4n) is 3.11. The molecule has 0 spiro atoms. The van der Waals surface area contributed by atoms with Gasteiger partial charge in [0.05, 0.1) is 16.3 Å². The summed E-state index contributed by atoms with van der Waals surface area (Å²) in [6.07, 6.45) is 0. The lowest BCUT2D eigenvalue weighted by atomic mass is 10.1. The van der Waals surface area contributed by atoms with Crippen LogP contribution in [0.2, 0.25) is 0 Å². The Morgan fingerprint density at radius 1 is 0.700 bits per heavy atom. The zero-order valence-corrected chi connectivity index (χ0v) is 17.6. The lowest BCUT2D eigenvalue weighted by Crippen LogP contribution is -2.10. The van der Waals surface area contributed by atoms with Crippen molar-refractivity contribution in [3.63, 3.8) is 0 Å². The first kappa shape index (κ1) is 19.9. The molecular formula is C24H21N3O2S. The Balaban J connectivity index is 1.82. The number of hydrogen-bond donors (Lipinski definition) is 0. The van der Waals surface area contributed by atoms with Crippen molar-refractivity contribution in [3.05, 3.63) is 95.7 Å². The number of aromatic nitrogens is 3. The first-order valence-electron chi connectivity index (χ1n) is 9.58. The van der Waals surface area contributed by atoms with E-state index in [4.69, 9.17) is 0 Å². The van der Waals surface area contributed by atoms with Gasteiger partial charge in [0, 0.05) is 11.1 Å². The summed E-state index contributed by atoms with van der Waals surface area (Å²) in [7, 11) is -3.60. The summed E-state index contributed by atoms with van der Waals surface area (Å²) in [6.45, 7) is 3.92. The molecule has 4 aromatic rings. The van der Waals surface area contributed by atoms with Crippen LogP contribution >= 0.6 is 0 Å². The van der Waals surface area contributed by atoms with E-state index in [0.29, 0.717) is 17.2 Å². The highest BCUT2D eigenvalue weighted by Gasteiger charge is 2.21. The minimum atomic E-state index is -3.60. The van der Waals surface area contributed by atoms with Gasteiger partial charge < -0.3 is 0 Å². The average Bonchev–Trinajstić information content (AvgIpc) is 2.75. The quantitative estimate of drug-likeness (QED) is 0.468. The van der Waals surface area contributed by atoms with E-state index in [1.54, 1.807) is 24.3 Å². The Bertz CT molecular complexity index is 1270. The van der Waals surface area contributed by atoms with Crippen LogP contribution < -0.4 is 0 Å². The molecule has 0 N–H and O–H groups in total. The van der Waals surface area contributed by atoms with Crippen LogP contribution in [-0.4, -0.2) is 23.6 Å². The molecule has 0 radical (unpaired) electrons. The number of rotatable bonds is 5. The lowest BCUT2D eigenvalue weighted by Gasteiger charge is -2.11. The SMILES string of the molecule is Cc1ccc(-c2nnc(-c3ccccc3)nc2CS(=O)(=O)c2ccc(C)cc2)cc1. The van der Waals surface area contributed by atoms with Crippen LogP contribution in [-0.2, 0) is 15.6 Å². The smallest absolute Gasteiger partial charge is 0.184 e. The topological polar surface area (TPSA) is 72.8 Å². The van der Waals surface area contributed by atoms with Gasteiger partial charge in [0.1, 0.15) is 5.69 Å². The van der Waals surface area contributed by atoms with E-state index in [1.165, 1.54) is 0 Å². The third-order valence-electron chi connectivity index (χ3n) is 4.82. The highest BCUT2D eigenvalue weighted by atomic mass is 32.2. The number of aryl methyl sites for hydroxylation is 2. The van der Waals surface area contributed by atoms with Crippen LogP contribution in [0.15, 0.2) is 83.8 Å². The van der Waals surface area contributed by atoms with Crippen molar-refractivity contribution in [2.24, 2.45) is 0 Å². The van der Waals surface area contributed by atoms with Crippen molar-refractivity contribution in [3.8, 4) is 22.6 Å². The van der Waals surface area contributed by atoms with Crippen molar-refractivity contribution in [1.29, 1.82) is 0 Å². The van der Waals surface area contributed by atoms with E-state index < -0.39 is 9.84 Å². The molecule has 4 rings (SSSR count). The predicted octanol–water partition coefficient (Wildman–Crippen LogP) is 4.80. The van der Waals surface area contributed by atoms with E-state index in [0.717, 1.165) is 22.3 Å². The zero-order chi connectivity index (χ0) is 21.1. The Hall–Kier alpha value is -3.38. The molecule has 1 heterocycles. The van der Waals surface area contributed by atoms with Gasteiger partial charge in [-0.3, -0.25) is 0 Å². The van der Waals surface area contributed by atoms with Crippen molar-refractivity contribution < 1.29 is 8.42 Å². The molecule has 0 saturated heterocycles. The molecule has 5 nitrogen and oxygen atoms in total. The van der Waals surface area contributed by atoms with Crippen molar-refractivity contribution in [1.82, 2.24) is 15.2 Å². The molecular weight excluding hydrogens is 394 g/mol. The van der Waals surface area contributed by atoms with Gasteiger partial charge in [-0.05, 0) is 26.0 Å². The molecule has 0 saturated carbocycles. The largest absolute Gasteiger partial charge is 0.228 e. The maximum Gasteiger partial charge on any atom is 0.184 e. The Morgan fingerprint density at radius 3 is 1.93 bits per heavy atom. The van der Waals surface area contributed by atoms with Crippen LogP contribution in [0.5, 0.6) is 0 Å². The Kier molecular flexibility index (Phi) is 5.42. The van der Waals surface area contributed by atoms with E-state index in [2.05, 4.69) is 15.2 Å². The highest BCUT2D eigenvalue weighted by Crippen LogP contribution is 2.26. The van der Waals surface area contributed by atoms with Crippen LogP contribution in [0.25, 0.3) is 22.6 Å². The molecule has 0 atom stereocenters. The highest BCUT2D eigenvalue weighted by molar-refractivity contribution is 7.90. The molecule has 0 aliphatic carbocycles. The van der Waals surface area contributed by atoms with E-state index in [9.17, 15) is 8.42 Å². The second-order valence-corrected chi connectivity index (χ2v) is 9.22. The second-order valence-electron chi connectivity index (χ2n) is 7.23. The third kappa shape index (κ3) is 4.28. The Labute approximate surface area is 176 Å². The van der Waals surface area contributed by atoms with Gasteiger partial charge in [-0.1, -0.05) is 77.9 Å². The maximum atomic E-state index is 13.1. The van der Waals surface area contributed by atoms with Crippen LogP contribution in [0, 0.1) is 13.8 Å². The molecule has 0 bridgehead atoms. The number of benzene rings is 3. The zero-order valence-electron chi connectivity index (χ0n) is 16.8. The number of hydrogen-bond acceptors (Lipinski definition) is 5. The molecule has 0 amide bonds. The summed E-state index contributed by atoms with van der Waals surface area (Å²) < 4.78 is 26.2. The van der Waals surface area contributed by atoms with E-state index in [1.807, 2.05) is 68.4 Å². The summed E-state index contributed by atoms with van der Waals surface area (Å²) in [6, 6.07) is 24.0. The van der Waals surface area contributed by atoms with Gasteiger partial charge in [0.15, 0.2) is 15.7 Å².